The first-order valence-electron chi connectivity index (χ1n) is 11.7. The number of benzene rings is 2. The Bertz CT molecular complexity index is 1110. The normalized spacial score (nSPS) is 17.5. The van der Waals surface area contributed by atoms with E-state index in [9.17, 15) is 4.91 Å². The van der Waals surface area contributed by atoms with Crippen molar-refractivity contribution in [2.45, 2.75) is 66.4 Å². The number of ether oxygens (including phenoxy) is 3. The molecule has 0 aromatic heterocycles. The molecule has 0 radical (unpaired) electrons. The lowest BCUT2D eigenvalue weighted by Gasteiger charge is -2.38. The van der Waals surface area contributed by atoms with Crippen molar-refractivity contribution in [2.75, 3.05) is 13.2 Å². The van der Waals surface area contributed by atoms with Crippen LogP contribution >= 0.6 is 11.9 Å². The summed E-state index contributed by atoms with van der Waals surface area (Å²) in [4.78, 5) is 11.5. The second-order valence-electron chi connectivity index (χ2n) is 9.11. The molecule has 0 aliphatic carbocycles. The van der Waals surface area contributed by atoms with Gasteiger partial charge in [-0.3, -0.25) is 0 Å². The fraction of sp³-hybridized carbons (Fsp3) is 0.429. The first-order chi connectivity index (χ1) is 16.2. The zero-order chi connectivity index (χ0) is 24.9. The molecule has 3 rings (SSSR count). The standard InChI is InChI=1S/C28H35NO4S/c1-8-14-31-26-19(4)20(5)27-24(21(26)6)12-13-28(7,33-27)17-32-25-11-10-22(15-18(25)3)16-23(9-2)34-29-30/h8,10-11,15-16H,1,9,12-14,17H2,2-7H3/b23-16-. The molecule has 6 heteroatoms. The molecule has 0 saturated heterocycles. The first-order valence-corrected chi connectivity index (χ1v) is 12.5. The SMILES string of the molecule is C=CCOc1c(C)c(C)c2c(c1C)CCC(C)(COc1ccc(/C=C(/CC)SN=O)cc1C)O2. The van der Waals surface area contributed by atoms with E-state index in [1.807, 2.05) is 32.1 Å². The summed E-state index contributed by atoms with van der Waals surface area (Å²) in [5, 5.41) is 0. The maximum atomic E-state index is 10.6. The Labute approximate surface area is 207 Å². The summed E-state index contributed by atoms with van der Waals surface area (Å²) in [5.41, 5.74) is 6.25. The molecule has 1 heterocycles. The Balaban J connectivity index is 1.76. The molecule has 34 heavy (non-hydrogen) atoms. The highest BCUT2D eigenvalue weighted by Crippen LogP contribution is 2.44. The van der Waals surface area contributed by atoms with Crippen LogP contribution in [0.3, 0.4) is 0 Å². The van der Waals surface area contributed by atoms with Gasteiger partial charge >= 0.3 is 0 Å². The summed E-state index contributed by atoms with van der Waals surface area (Å²) < 4.78 is 21.7. The number of fused-ring (bicyclic) bond motifs is 1. The fourth-order valence-corrected chi connectivity index (χ4v) is 4.74. The van der Waals surface area contributed by atoms with Crippen molar-refractivity contribution >= 4 is 18.0 Å². The molecule has 182 valence electrons. The summed E-state index contributed by atoms with van der Waals surface area (Å²) in [6, 6.07) is 6.05. The molecule has 0 spiro atoms. The molecule has 1 atom stereocenters. The van der Waals surface area contributed by atoms with E-state index in [-0.39, 0.29) is 0 Å². The van der Waals surface area contributed by atoms with Gasteiger partial charge in [-0.1, -0.05) is 25.6 Å². The molecule has 2 aromatic carbocycles. The molecule has 5 nitrogen and oxygen atoms in total. The molecule has 0 amide bonds. The van der Waals surface area contributed by atoms with E-state index < -0.39 is 5.60 Å². The fourth-order valence-electron chi connectivity index (χ4n) is 4.32. The van der Waals surface area contributed by atoms with Crippen molar-refractivity contribution in [3.8, 4) is 17.2 Å². The van der Waals surface area contributed by atoms with E-state index in [0.29, 0.717) is 13.2 Å². The highest BCUT2D eigenvalue weighted by molar-refractivity contribution is 8.01. The highest BCUT2D eigenvalue weighted by Gasteiger charge is 2.35. The minimum atomic E-state index is -0.424. The van der Waals surface area contributed by atoms with Crippen LogP contribution in [0.2, 0.25) is 0 Å². The van der Waals surface area contributed by atoms with Crippen LogP contribution < -0.4 is 14.2 Å². The quantitative estimate of drug-likeness (QED) is 0.197. The van der Waals surface area contributed by atoms with Gasteiger partial charge in [-0.25, -0.2) is 0 Å². The Morgan fingerprint density at radius 1 is 1.21 bits per heavy atom. The number of hydrogen-bond acceptors (Lipinski definition) is 6. The number of rotatable bonds is 10. The summed E-state index contributed by atoms with van der Waals surface area (Å²) in [6.45, 7) is 17.2. The van der Waals surface area contributed by atoms with E-state index in [2.05, 4.69) is 44.9 Å². The molecular weight excluding hydrogens is 446 g/mol. The maximum absolute atomic E-state index is 10.6. The summed E-state index contributed by atoms with van der Waals surface area (Å²) in [7, 11) is 0. The van der Waals surface area contributed by atoms with Gasteiger partial charge in [0.1, 0.15) is 36.1 Å². The van der Waals surface area contributed by atoms with E-state index in [4.69, 9.17) is 14.2 Å². The number of hydrogen-bond donors (Lipinski definition) is 0. The second kappa shape index (κ2) is 11.1. The highest BCUT2D eigenvalue weighted by atomic mass is 32.2. The average molecular weight is 482 g/mol. The first kappa shape index (κ1) is 25.9. The lowest BCUT2D eigenvalue weighted by atomic mass is 9.87. The molecule has 0 bridgehead atoms. The number of nitroso groups, excluding NO2 is 1. The van der Waals surface area contributed by atoms with Crippen molar-refractivity contribution in [1.82, 2.24) is 0 Å². The van der Waals surface area contributed by atoms with Gasteiger partial charge in [0.15, 0.2) is 0 Å². The van der Waals surface area contributed by atoms with Gasteiger partial charge in [0, 0.05) is 15.1 Å². The van der Waals surface area contributed by atoms with E-state index >= 15 is 0 Å². The maximum Gasteiger partial charge on any atom is 0.140 e. The number of nitrogens with zero attached hydrogens (tertiary/aromatic N) is 1. The van der Waals surface area contributed by atoms with Crippen LogP contribution in [0, 0.1) is 32.6 Å². The Kier molecular flexibility index (Phi) is 8.47. The van der Waals surface area contributed by atoms with Crippen molar-refractivity contribution in [1.29, 1.82) is 0 Å². The average Bonchev–Trinajstić information content (AvgIpc) is 2.82. The minimum absolute atomic E-state index is 0.424. The predicted molar refractivity (Wildman–Crippen MR) is 142 cm³/mol. The third-order valence-corrected chi connectivity index (χ3v) is 7.19. The van der Waals surface area contributed by atoms with Gasteiger partial charge in [0.25, 0.3) is 0 Å². The van der Waals surface area contributed by atoms with Gasteiger partial charge in [0.2, 0.25) is 0 Å². The number of allylic oxidation sites excluding steroid dienone is 1. The lowest BCUT2D eigenvalue weighted by Crippen LogP contribution is -2.42. The molecule has 2 aromatic rings. The third-order valence-electron chi connectivity index (χ3n) is 6.47. The van der Waals surface area contributed by atoms with Crippen LogP contribution in [-0.2, 0) is 6.42 Å². The Morgan fingerprint density at radius 3 is 2.62 bits per heavy atom. The third kappa shape index (κ3) is 5.66. The van der Waals surface area contributed by atoms with Crippen molar-refractivity contribution in [3.63, 3.8) is 0 Å². The molecule has 1 aliphatic rings. The topological polar surface area (TPSA) is 57.1 Å². The van der Waals surface area contributed by atoms with Crippen molar-refractivity contribution in [3.05, 3.63) is 74.0 Å². The van der Waals surface area contributed by atoms with Crippen LogP contribution in [0.4, 0.5) is 0 Å². The molecular formula is C28H35NO4S. The lowest BCUT2D eigenvalue weighted by molar-refractivity contribution is 0.0164. The monoisotopic (exact) mass is 481 g/mol. The minimum Gasteiger partial charge on any atom is -0.489 e. The van der Waals surface area contributed by atoms with Gasteiger partial charge < -0.3 is 14.2 Å². The molecule has 1 aliphatic heterocycles. The smallest absolute Gasteiger partial charge is 0.140 e. The zero-order valence-corrected chi connectivity index (χ0v) is 21.9. The Hall–Kier alpha value is -2.73. The molecule has 0 N–H and O–H groups in total. The molecule has 1 unspecified atom stereocenters. The largest absolute Gasteiger partial charge is 0.489 e. The summed E-state index contributed by atoms with van der Waals surface area (Å²) >= 11 is 0.982. The van der Waals surface area contributed by atoms with E-state index in [0.717, 1.165) is 81.2 Å². The molecule has 0 fully saturated rings. The van der Waals surface area contributed by atoms with Gasteiger partial charge in [-0.2, -0.15) is 0 Å². The van der Waals surface area contributed by atoms with Gasteiger partial charge in [0.05, 0.1) is 11.9 Å². The van der Waals surface area contributed by atoms with Gasteiger partial charge in [-0.15, -0.1) is 4.91 Å². The van der Waals surface area contributed by atoms with Crippen LogP contribution in [0.1, 0.15) is 60.1 Å². The van der Waals surface area contributed by atoms with Crippen molar-refractivity contribution in [2.24, 2.45) is 4.58 Å². The number of aryl methyl sites for hydroxylation is 1. The summed E-state index contributed by atoms with van der Waals surface area (Å²) in [5.74, 6) is 2.74. The van der Waals surface area contributed by atoms with Crippen LogP contribution in [-0.4, -0.2) is 18.8 Å². The van der Waals surface area contributed by atoms with E-state index in [1.165, 1.54) is 5.56 Å². The Morgan fingerprint density at radius 2 is 1.97 bits per heavy atom. The van der Waals surface area contributed by atoms with Crippen molar-refractivity contribution < 1.29 is 14.2 Å². The van der Waals surface area contributed by atoms with Crippen LogP contribution in [0.15, 0.2) is 40.3 Å². The summed E-state index contributed by atoms with van der Waals surface area (Å²) in [6.07, 6.45) is 6.31. The predicted octanol–water partition coefficient (Wildman–Crippen LogP) is 7.81. The van der Waals surface area contributed by atoms with Crippen LogP contribution in [0.5, 0.6) is 17.2 Å². The van der Waals surface area contributed by atoms with Gasteiger partial charge in [-0.05, 0) is 99.9 Å². The second-order valence-corrected chi connectivity index (χ2v) is 9.96. The van der Waals surface area contributed by atoms with Crippen LogP contribution in [0.25, 0.3) is 6.08 Å². The zero-order valence-electron chi connectivity index (χ0n) is 21.1. The van der Waals surface area contributed by atoms with E-state index in [1.54, 1.807) is 6.08 Å². The molecule has 0 saturated carbocycles.